The molecule has 0 fully saturated rings. The fraction of sp³-hybridized carbons (Fsp3) is 0.312. The van der Waals surface area contributed by atoms with Crippen LogP contribution in [-0.2, 0) is 16.0 Å². The van der Waals surface area contributed by atoms with E-state index in [-0.39, 0.29) is 11.8 Å². The van der Waals surface area contributed by atoms with Gasteiger partial charge >= 0.3 is 0 Å². The van der Waals surface area contributed by atoms with Gasteiger partial charge < -0.3 is 15.4 Å². The zero-order valence-electron chi connectivity index (χ0n) is 12.9. The molecule has 2 aromatic rings. The summed E-state index contributed by atoms with van der Waals surface area (Å²) in [7, 11) is 1.57. The van der Waals surface area contributed by atoms with Gasteiger partial charge in [0.05, 0.1) is 6.61 Å². The Morgan fingerprint density at radius 2 is 2.04 bits per heavy atom. The molecule has 0 unspecified atom stereocenters. The first-order valence-corrected chi connectivity index (χ1v) is 8.13. The molecule has 0 aliphatic carbocycles. The van der Waals surface area contributed by atoms with E-state index in [0.29, 0.717) is 36.8 Å². The third kappa shape index (κ3) is 5.80. The molecular formula is C16H19N3O3S. The molecule has 0 bridgehead atoms. The molecule has 0 aliphatic heterocycles. The number of benzene rings is 1. The van der Waals surface area contributed by atoms with Crippen LogP contribution in [0.15, 0.2) is 35.7 Å². The van der Waals surface area contributed by atoms with Crippen molar-refractivity contribution >= 4 is 28.3 Å². The first-order chi connectivity index (χ1) is 11.2. The highest BCUT2D eigenvalue weighted by Crippen LogP contribution is 2.16. The second-order valence-electron chi connectivity index (χ2n) is 4.82. The Hall–Kier alpha value is -2.25. The maximum absolute atomic E-state index is 11.9. The van der Waals surface area contributed by atoms with Gasteiger partial charge in [-0.1, -0.05) is 30.3 Å². The van der Waals surface area contributed by atoms with Gasteiger partial charge in [0.1, 0.15) is 5.69 Å². The summed E-state index contributed by atoms with van der Waals surface area (Å²) in [5, 5.41) is 7.45. The number of nitrogens with one attached hydrogen (secondary N) is 2. The molecule has 23 heavy (non-hydrogen) atoms. The van der Waals surface area contributed by atoms with Crippen molar-refractivity contribution in [2.45, 2.75) is 12.8 Å². The van der Waals surface area contributed by atoms with E-state index in [9.17, 15) is 9.59 Å². The highest BCUT2D eigenvalue weighted by molar-refractivity contribution is 7.14. The normalized spacial score (nSPS) is 10.3. The summed E-state index contributed by atoms with van der Waals surface area (Å²) in [6.07, 6.45) is 1.04. The second-order valence-corrected chi connectivity index (χ2v) is 5.68. The molecule has 6 nitrogen and oxygen atoms in total. The maximum atomic E-state index is 11.9. The van der Waals surface area contributed by atoms with E-state index in [2.05, 4.69) is 15.6 Å². The van der Waals surface area contributed by atoms with Crippen molar-refractivity contribution in [3.05, 3.63) is 47.0 Å². The van der Waals surface area contributed by atoms with Gasteiger partial charge in [-0.25, -0.2) is 4.98 Å². The number of amides is 2. The SMILES string of the molecule is COCCNC(=O)c1csc(NC(=O)CCc2ccccc2)n1. The van der Waals surface area contributed by atoms with Crippen LogP contribution >= 0.6 is 11.3 Å². The summed E-state index contributed by atoms with van der Waals surface area (Å²) in [6, 6.07) is 9.81. The molecule has 7 heteroatoms. The Morgan fingerprint density at radius 1 is 1.26 bits per heavy atom. The topological polar surface area (TPSA) is 80.3 Å². The van der Waals surface area contributed by atoms with Crippen LogP contribution in [0.2, 0.25) is 0 Å². The summed E-state index contributed by atoms with van der Waals surface area (Å²) < 4.78 is 4.86. The molecule has 0 spiro atoms. The quantitative estimate of drug-likeness (QED) is 0.725. The molecule has 0 radical (unpaired) electrons. The number of nitrogens with zero attached hydrogens (tertiary/aromatic N) is 1. The van der Waals surface area contributed by atoms with E-state index < -0.39 is 0 Å². The Morgan fingerprint density at radius 3 is 2.78 bits per heavy atom. The van der Waals surface area contributed by atoms with Crippen molar-refractivity contribution in [3.8, 4) is 0 Å². The number of hydrogen-bond acceptors (Lipinski definition) is 5. The van der Waals surface area contributed by atoms with Crippen LogP contribution in [-0.4, -0.2) is 37.1 Å². The summed E-state index contributed by atoms with van der Waals surface area (Å²) >= 11 is 1.23. The van der Waals surface area contributed by atoms with Crippen LogP contribution in [0.5, 0.6) is 0 Å². The van der Waals surface area contributed by atoms with E-state index >= 15 is 0 Å². The van der Waals surface area contributed by atoms with Gasteiger partial charge in [-0.15, -0.1) is 11.3 Å². The van der Waals surface area contributed by atoms with E-state index in [1.54, 1.807) is 12.5 Å². The molecule has 1 aromatic carbocycles. The van der Waals surface area contributed by atoms with Crippen molar-refractivity contribution < 1.29 is 14.3 Å². The minimum Gasteiger partial charge on any atom is -0.383 e. The number of methoxy groups -OCH3 is 1. The van der Waals surface area contributed by atoms with Crippen LogP contribution in [0.25, 0.3) is 0 Å². The highest BCUT2D eigenvalue weighted by Gasteiger charge is 2.12. The van der Waals surface area contributed by atoms with Gasteiger partial charge in [0.2, 0.25) is 5.91 Å². The lowest BCUT2D eigenvalue weighted by Gasteiger charge is -2.02. The molecular weight excluding hydrogens is 314 g/mol. The van der Waals surface area contributed by atoms with Crippen LogP contribution in [0.4, 0.5) is 5.13 Å². The maximum Gasteiger partial charge on any atom is 0.270 e. The Kier molecular flexibility index (Phi) is 6.71. The number of aromatic nitrogens is 1. The molecule has 0 saturated carbocycles. The number of aryl methyl sites for hydroxylation is 1. The Labute approximate surface area is 138 Å². The molecule has 0 saturated heterocycles. The lowest BCUT2D eigenvalue weighted by molar-refractivity contribution is -0.116. The van der Waals surface area contributed by atoms with Gasteiger partial charge in [0, 0.05) is 25.5 Å². The van der Waals surface area contributed by atoms with Gasteiger partial charge in [-0.2, -0.15) is 0 Å². The lowest BCUT2D eigenvalue weighted by Crippen LogP contribution is -2.27. The van der Waals surface area contributed by atoms with Crippen LogP contribution < -0.4 is 10.6 Å². The zero-order chi connectivity index (χ0) is 16.5. The average Bonchev–Trinajstić information content (AvgIpc) is 3.02. The van der Waals surface area contributed by atoms with E-state index in [1.165, 1.54) is 11.3 Å². The Bertz CT molecular complexity index is 643. The number of ether oxygens (including phenoxy) is 1. The van der Waals surface area contributed by atoms with Gasteiger partial charge in [0.15, 0.2) is 5.13 Å². The number of carbonyl (C=O) groups is 2. The molecule has 2 amide bonds. The standard InChI is InChI=1S/C16H19N3O3S/c1-22-10-9-17-15(21)13-11-23-16(18-13)19-14(20)8-7-12-5-3-2-4-6-12/h2-6,11H,7-10H2,1H3,(H,17,21)(H,18,19,20). The van der Waals surface area contributed by atoms with Crippen molar-refractivity contribution in [1.82, 2.24) is 10.3 Å². The average molecular weight is 333 g/mol. The summed E-state index contributed by atoms with van der Waals surface area (Å²) in [6.45, 7) is 0.866. The molecule has 2 rings (SSSR count). The molecule has 1 aromatic heterocycles. The van der Waals surface area contributed by atoms with Crippen molar-refractivity contribution in [3.63, 3.8) is 0 Å². The van der Waals surface area contributed by atoms with E-state index in [1.807, 2.05) is 30.3 Å². The lowest BCUT2D eigenvalue weighted by atomic mass is 10.1. The molecule has 1 heterocycles. The largest absolute Gasteiger partial charge is 0.383 e. The number of thiazole rings is 1. The zero-order valence-corrected chi connectivity index (χ0v) is 13.7. The number of rotatable bonds is 8. The monoisotopic (exact) mass is 333 g/mol. The number of anilines is 1. The first-order valence-electron chi connectivity index (χ1n) is 7.25. The third-order valence-electron chi connectivity index (χ3n) is 3.06. The van der Waals surface area contributed by atoms with E-state index in [0.717, 1.165) is 5.56 Å². The van der Waals surface area contributed by atoms with Gasteiger partial charge in [0.25, 0.3) is 5.91 Å². The predicted octanol–water partition coefficient (Wildman–Crippen LogP) is 2.09. The molecule has 122 valence electrons. The third-order valence-corrected chi connectivity index (χ3v) is 3.82. The van der Waals surface area contributed by atoms with Gasteiger partial charge in [-0.05, 0) is 12.0 Å². The predicted molar refractivity (Wildman–Crippen MR) is 89.7 cm³/mol. The minimum atomic E-state index is -0.275. The first kappa shape index (κ1) is 17.1. The fourth-order valence-electron chi connectivity index (χ4n) is 1.88. The summed E-state index contributed by atoms with van der Waals surface area (Å²) in [4.78, 5) is 27.8. The van der Waals surface area contributed by atoms with Crippen molar-refractivity contribution in [2.75, 3.05) is 25.6 Å². The minimum absolute atomic E-state index is 0.116. The van der Waals surface area contributed by atoms with Crippen molar-refractivity contribution in [2.24, 2.45) is 0 Å². The van der Waals surface area contributed by atoms with E-state index in [4.69, 9.17) is 4.74 Å². The van der Waals surface area contributed by atoms with Crippen molar-refractivity contribution in [1.29, 1.82) is 0 Å². The molecule has 0 atom stereocenters. The smallest absolute Gasteiger partial charge is 0.270 e. The fourth-order valence-corrected chi connectivity index (χ4v) is 2.58. The molecule has 0 aliphatic rings. The number of carbonyl (C=O) groups excluding carboxylic acids is 2. The van der Waals surface area contributed by atoms with Crippen LogP contribution in [0.1, 0.15) is 22.5 Å². The number of hydrogen-bond donors (Lipinski definition) is 2. The second kappa shape index (κ2) is 9.02. The highest BCUT2D eigenvalue weighted by atomic mass is 32.1. The van der Waals surface area contributed by atoms with Crippen LogP contribution in [0, 0.1) is 0 Å². The Balaban J connectivity index is 1.79. The molecule has 2 N–H and O–H groups in total. The summed E-state index contributed by atoms with van der Waals surface area (Å²) in [5.41, 5.74) is 1.41. The van der Waals surface area contributed by atoms with Gasteiger partial charge in [-0.3, -0.25) is 9.59 Å². The van der Waals surface area contributed by atoms with Crippen LogP contribution in [0.3, 0.4) is 0 Å². The summed E-state index contributed by atoms with van der Waals surface area (Å²) in [5.74, 6) is -0.391.